The first-order valence-corrected chi connectivity index (χ1v) is 7.82. The van der Waals surface area contributed by atoms with Gasteiger partial charge in [-0.25, -0.2) is 0 Å². The third-order valence-corrected chi connectivity index (χ3v) is 4.25. The maximum Gasteiger partial charge on any atom is 0.272 e. The number of benzene rings is 1. The zero-order chi connectivity index (χ0) is 15.4. The van der Waals surface area contributed by atoms with Crippen LogP contribution >= 0.6 is 0 Å². The van der Waals surface area contributed by atoms with Gasteiger partial charge in [-0.1, -0.05) is 30.3 Å². The molecule has 4 heteroatoms. The molecular weight excluding hydrogens is 274 g/mol. The Morgan fingerprint density at radius 3 is 2.77 bits per heavy atom. The predicted molar refractivity (Wildman–Crippen MR) is 87.4 cm³/mol. The number of hydrogen-bond acceptors (Lipinski definition) is 3. The van der Waals surface area contributed by atoms with Gasteiger partial charge < -0.3 is 10.6 Å². The van der Waals surface area contributed by atoms with Gasteiger partial charge in [0, 0.05) is 25.3 Å². The van der Waals surface area contributed by atoms with Gasteiger partial charge in [0.15, 0.2) is 0 Å². The summed E-state index contributed by atoms with van der Waals surface area (Å²) >= 11 is 0. The lowest BCUT2D eigenvalue weighted by Crippen LogP contribution is -2.47. The highest BCUT2D eigenvalue weighted by Gasteiger charge is 2.27. The fourth-order valence-electron chi connectivity index (χ4n) is 3.02. The standard InChI is InChI=1S/C18H21N3O/c19-13-16-8-4-5-11-21(16)18(22)17-12-15(9-10-20-17)14-6-2-1-3-7-14/h1-3,6-7,9-10,12,16H,4-5,8,11,13,19H2. The molecule has 2 aromatic rings. The number of piperidine rings is 1. The van der Waals surface area contributed by atoms with Crippen molar-refractivity contribution in [3.05, 3.63) is 54.4 Å². The SMILES string of the molecule is NCC1CCCCN1C(=O)c1cc(-c2ccccc2)ccn1. The summed E-state index contributed by atoms with van der Waals surface area (Å²) in [5.41, 5.74) is 8.42. The van der Waals surface area contributed by atoms with E-state index < -0.39 is 0 Å². The molecule has 1 atom stereocenters. The summed E-state index contributed by atoms with van der Waals surface area (Å²) in [7, 11) is 0. The number of aromatic nitrogens is 1. The average Bonchev–Trinajstić information content (AvgIpc) is 2.62. The number of pyridine rings is 1. The smallest absolute Gasteiger partial charge is 0.272 e. The summed E-state index contributed by atoms with van der Waals surface area (Å²) in [6.45, 7) is 1.29. The van der Waals surface area contributed by atoms with Crippen molar-refractivity contribution in [2.75, 3.05) is 13.1 Å². The molecule has 1 aromatic carbocycles. The maximum absolute atomic E-state index is 12.8. The van der Waals surface area contributed by atoms with Crippen molar-refractivity contribution in [2.24, 2.45) is 5.73 Å². The number of amides is 1. The first-order valence-electron chi connectivity index (χ1n) is 7.82. The van der Waals surface area contributed by atoms with Crippen LogP contribution in [-0.4, -0.2) is 34.9 Å². The van der Waals surface area contributed by atoms with E-state index in [1.54, 1.807) is 6.20 Å². The summed E-state index contributed by atoms with van der Waals surface area (Å²) in [4.78, 5) is 18.9. The van der Waals surface area contributed by atoms with Crippen LogP contribution in [-0.2, 0) is 0 Å². The molecule has 1 aliphatic heterocycles. The Bertz CT molecular complexity index is 642. The van der Waals surface area contributed by atoms with Gasteiger partial charge in [0.2, 0.25) is 0 Å². The van der Waals surface area contributed by atoms with Gasteiger partial charge in [-0.3, -0.25) is 9.78 Å². The number of likely N-dealkylation sites (tertiary alicyclic amines) is 1. The average molecular weight is 295 g/mol. The fraction of sp³-hybridized carbons (Fsp3) is 0.333. The number of carbonyl (C=O) groups is 1. The lowest BCUT2D eigenvalue weighted by molar-refractivity contribution is 0.0617. The quantitative estimate of drug-likeness (QED) is 0.947. The van der Waals surface area contributed by atoms with Gasteiger partial charge in [-0.15, -0.1) is 0 Å². The largest absolute Gasteiger partial charge is 0.333 e. The Kier molecular flexibility index (Phi) is 4.49. The van der Waals surface area contributed by atoms with E-state index in [9.17, 15) is 4.79 Å². The van der Waals surface area contributed by atoms with E-state index in [4.69, 9.17) is 5.73 Å². The molecule has 1 amide bonds. The number of carbonyl (C=O) groups excluding carboxylic acids is 1. The van der Waals surface area contributed by atoms with E-state index >= 15 is 0 Å². The van der Waals surface area contributed by atoms with Crippen molar-refractivity contribution < 1.29 is 4.79 Å². The highest BCUT2D eigenvalue weighted by Crippen LogP contribution is 2.22. The third-order valence-electron chi connectivity index (χ3n) is 4.25. The molecule has 2 N–H and O–H groups in total. The molecule has 22 heavy (non-hydrogen) atoms. The highest BCUT2D eigenvalue weighted by atomic mass is 16.2. The number of hydrogen-bond donors (Lipinski definition) is 1. The van der Waals surface area contributed by atoms with Crippen LogP contribution < -0.4 is 5.73 Å². The molecule has 2 heterocycles. The summed E-state index contributed by atoms with van der Waals surface area (Å²) in [5.74, 6) is -0.00655. The van der Waals surface area contributed by atoms with Gasteiger partial charge in [0.1, 0.15) is 5.69 Å². The summed E-state index contributed by atoms with van der Waals surface area (Å²) < 4.78 is 0. The Hall–Kier alpha value is -2.20. The van der Waals surface area contributed by atoms with Gasteiger partial charge in [0.05, 0.1) is 0 Å². The van der Waals surface area contributed by atoms with Crippen molar-refractivity contribution in [1.82, 2.24) is 9.88 Å². The fourth-order valence-corrected chi connectivity index (χ4v) is 3.02. The third kappa shape index (κ3) is 3.02. The molecule has 1 unspecified atom stereocenters. The van der Waals surface area contributed by atoms with Crippen LogP contribution in [0, 0.1) is 0 Å². The van der Waals surface area contributed by atoms with Crippen molar-refractivity contribution in [3.8, 4) is 11.1 Å². The zero-order valence-corrected chi connectivity index (χ0v) is 12.6. The van der Waals surface area contributed by atoms with E-state index in [2.05, 4.69) is 4.98 Å². The molecule has 0 aliphatic carbocycles. The van der Waals surface area contributed by atoms with Crippen molar-refractivity contribution >= 4 is 5.91 Å². The Labute approximate surface area is 131 Å². The zero-order valence-electron chi connectivity index (χ0n) is 12.6. The first kappa shape index (κ1) is 14.7. The van der Waals surface area contributed by atoms with Gasteiger partial charge >= 0.3 is 0 Å². The van der Waals surface area contributed by atoms with E-state index in [1.165, 1.54) is 0 Å². The van der Waals surface area contributed by atoms with Crippen LogP contribution in [0.2, 0.25) is 0 Å². The normalized spacial score (nSPS) is 18.2. The van der Waals surface area contributed by atoms with Crippen LogP contribution in [0.5, 0.6) is 0 Å². The van der Waals surface area contributed by atoms with Crippen molar-refractivity contribution in [2.45, 2.75) is 25.3 Å². The van der Waals surface area contributed by atoms with Gasteiger partial charge in [-0.2, -0.15) is 0 Å². The lowest BCUT2D eigenvalue weighted by atomic mass is 10.0. The molecule has 1 aromatic heterocycles. The van der Waals surface area contributed by atoms with E-state index in [0.717, 1.165) is 36.9 Å². The molecule has 1 fully saturated rings. The molecular formula is C18H21N3O. The summed E-state index contributed by atoms with van der Waals surface area (Å²) in [5, 5.41) is 0. The Morgan fingerprint density at radius 2 is 2.00 bits per heavy atom. The number of nitrogens with two attached hydrogens (primary N) is 1. The van der Waals surface area contributed by atoms with Crippen molar-refractivity contribution in [1.29, 1.82) is 0 Å². The van der Waals surface area contributed by atoms with Crippen LogP contribution in [0.25, 0.3) is 11.1 Å². The monoisotopic (exact) mass is 295 g/mol. The minimum Gasteiger partial charge on any atom is -0.333 e. The minimum absolute atomic E-state index is 0.00655. The van der Waals surface area contributed by atoms with E-state index in [0.29, 0.717) is 12.2 Å². The molecule has 0 spiro atoms. The summed E-state index contributed by atoms with van der Waals surface area (Å²) in [6.07, 6.45) is 4.88. The van der Waals surface area contributed by atoms with Crippen LogP contribution in [0.3, 0.4) is 0 Å². The van der Waals surface area contributed by atoms with Crippen LogP contribution in [0.4, 0.5) is 0 Å². The van der Waals surface area contributed by atoms with Crippen molar-refractivity contribution in [3.63, 3.8) is 0 Å². The predicted octanol–water partition coefficient (Wildman–Crippen LogP) is 2.70. The molecule has 114 valence electrons. The summed E-state index contributed by atoms with van der Waals surface area (Å²) in [6, 6.07) is 14.0. The second-order valence-corrected chi connectivity index (χ2v) is 5.68. The number of nitrogens with zero attached hydrogens (tertiary/aromatic N) is 2. The van der Waals surface area contributed by atoms with Gasteiger partial charge in [-0.05, 0) is 42.5 Å². The molecule has 0 bridgehead atoms. The highest BCUT2D eigenvalue weighted by molar-refractivity contribution is 5.93. The van der Waals surface area contributed by atoms with Gasteiger partial charge in [0.25, 0.3) is 5.91 Å². The topological polar surface area (TPSA) is 59.2 Å². The second-order valence-electron chi connectivity index (χ2n) is 5.68. The molecule has 0 saturated carbocycles. The molecule has 1 saturated heterocycles. The minimum atomic E-state index is -0.00655. The molecule has 3 rings (SSSR count). The van der Waals surface area contributed by atoms with Crippen LogP contribution in [0.1, 0.15) is 29.8 Å². The molecule has 0 radical (unpaired) electrons. The lowest BCUT2D eigenvalue weighted by Gasteiger charge is -2.34. The van der Waals surface area contributed by atoms with E-state index in [-0.39, 0.29) is 11.9 Å². The number of rotatable bonds is 3. The molecule has 4 nitrogen and oxygen atoms in total. The first-order chi connectivity index (χ1) is 10.8. The molecule has 1 aliphatic rings. The second kappa shape index (κ2) is 6.71. The van der Waals surface area contributed by atoms with E-state index in [1.807, 2.05) is 47.4 Å². The maximum atomic E-state index is 12.8. The Balaban J connectivity index is 1.87. The van der Waals surface area contributed by atoms with Crippen LogP contribution in [0.15, 0.2) is 48.7 Å². The Morgan fingerprint density at radius 1 is 1.18 bits per heavy atom.